The van der Waals surface area contributed by atoms with Crippen LogP contribution in [-0.2, 0) is 10.1 Å². The lowest BCUT2D eigenvalue weighted by Crippen LogP contribution is -2.13. The fraction of sp³-hybridized carbons (Fsp3) is 0.806. The van der Waals surface area contributed by atoms with E-state index in [2.05, 4.69) is 27.7 Å². The maximum atomic E-state index is 10.5. The second-order valence-corrected chi connectivity index (χ2v) is 16.5. The summed E-state index contributed by atoms with van der Waals surface area (Å²) in [5.74, 6) is 0. The quantitative estimate of drug-likeness (QED) is 0.0882. The van der Waals surface area contributed by atoms with Gasteiger partial charge in [0, 0.05) is 7.26 Å². The average Bonchev–Trinajstić information content (AvgIpc) is 2.85. The number of unbranched alkanes of at least 4 members (excludes halogenated alkanes) is 12. The Balaban J connectivity index is 0.000000918. The van der Waals surface area contributed by atoms with E-state index in [0.29, 0.717) is 5.56 Å². The molecule has 0 aliphatic heterocycles. The zero-order valence-corrected chi connectivity index (χ0v) is 26.2. The summed E-state index contributed by atoms with van der Waals surface area (Å²) in [6.45, 7) is 11.0. The second kappa shape index (κ2) is 22.5. The number of rotatable bonds is 21. The van der Waals surface area contributed by atoms with Gasteiger partial charge in [0.15, 0.2) is 0 Å². The maximum Gasteiger partial charge on any atom is 0.124 e. The predicted molar refractivity (Wildman–Crippen MR) is 162 cm³/mol. The zero-order valence-electron chi connectivity index (χ0n) is 24.5. The number of hydrogen-bond donors (Lipinski definition) is 0. The average molecular weight is 543 g/mol. The number of benzene rings is 1. The summed E-state index contributed by atoms with van der Waals surface area (Å²) in [6, 6.07) is 6.10. The van der Waals surface area contributed by atoms with Crippen molar-refractivity contribution < 1.29 is 13.0 Å². The Kier molecular flexibility index (Phi) is 22.3. The lowest BCUT2D eigenvalue weighted by Gasteiger charge is -2.28. The van der Waals surface area contributed by atoms with Gasteiger partial charge in [-0.25, -0.2) is 8.42 Å². The highest BCUT2D eigenvalue weighted by Gasteiger charge is 2.34. The van der Waals surface area contributed by atoms with Crippen molar-refractivity contribution in [1.82, 2.24) is 0 Å². The molecule has 36 heavy (non-hydrogen) atoms. The maximum absolute atomic E-state index is 10.5. The van der Waals surface area contributed by atoms with Crippen LogP contribution in [-0.4, -0.2) is 37.6 Å². The molecular formula is C31H59O3PS. The van der Waals surface area contributed by atoms with Gasteiger partial charge < -0.3 is 4.55 Å². The monoisotopic (exact) mass is 542 g/mol. The highest BCUT2D eigenvalue weighted by Crippen LogP contribution is 2.61. The Labute approximate surface area is 226 Å². The summed E-state index contributed by atoms with van der Waals surface area (Å²) in [4.78, 5) is -0.139. The standard InChI is InChI=1S/C24H52P.C7H8O3S/c1-5-9-13-14-15-16-17-18-19-20-24-25(21-10-6-2,22-11-7-3)23-12-8-4;1-6-4-2-3-5-7(6)11(8,9)10/h5-24H2,1-4H3;2-5H,1H3,(H,8,9,10)/q+1;/p-1. The third-order valence-corrected chi connectivity index (χ3v) is 13.4. The first kappa shape index (κ1) is 35.6. The van der Waals surface area contributed by atoms with Crippen LogP contribution in [0.15, 0.2) is 29.2 Å². The third-order valence-electron chi connectivity index (χ3n) is 7.31. The van der Waals surface area contributed by atoms with E-state index < -0.39 is 17.4 Å². The first-order chi connectivity index (χ1) is 17.3. The van der Waals surface area contributed by atoms with Crippen molar-refractivity contribution in [3.63, 3.8) is 0 Å². The summed E-state index contributed by atoms with van der Waals surface area (Å²) < 4.78 is 31.5. The van der Waals surface area contributed by atoms with Crippen molar-refractivity contribution in [3.05, 3.63) is 29.8 Å². The van der Waals surface area contributed by atoms with E-state index in [1.54, 1.807) is 50.1 Å². The van der Waals surface area contributed by atoms with Gasteiger partial charge in [0.1, 0.15) is 10.1 Å². The molecule has 0 N–H and O–H groups in total. The number of hydrogen-bond acceptors (Lipinski definition) is 3. The summed E-state index contributed by atoms with van der Waals surface area (Å²) in [7, 11) is -4.90. The molecular weight excluding hydrogens is 483 g/mol. The molecule has 0 atom stereocenters. The largest absolute Gasteiger partial charge is 0.744 e. The Morgan fingerprint density at radius 2 is 0.944 bits per heavy atom. The third kappa shape index (κ3) is 17.9. The zero-order chi connectivity index (χ0) is 27.1. The Morgan fingerprint density at radius 1 is 0.583 bits per heavy atom. The van der Waals surface area contributed by atoms with Gasteiger partial charge in [-0.05, 0) is 50.7 Å². The Hall–Kier alpha value is -0.440. The Morgan fingerprint density at radius 3 is 1.31 bits per heavy atom. The van der Waals surface area contributed by atoms with Crippen LogP contribution >= 0.6 is 7.26 Å². The summed E-state index contributed by atoms with van der Waals surface area (Å²) >= 11 is 0. The van der Waals surface area contributed by atoms with Crippen LogP contribution in [0.4, 0.5) is 0 Å². The first-order valence-electron chi connectivity index (χ1n) is 15.1. The van der Waals surface area contributed by atoms with Crippen LogP contribution in [0, 0.1) is 6.92 Å². The molecule has 3 nitrogen and oxygen atoms in total. The van der Waals surface area contributed by atoms with Crippen LogP contribution in [0.25, 0.3) is 0 Å². The first-order valence-corrected chi connectivity index (χ1v) is 19.1. The molecule has 0 aliphatic carbocycles. The van der Waals surface area contributed by atoms with Crippen molar-refractivity contribution in [2.24, 2.45) is 0 Å². The molecule has 0 saturated heterocycles. The van der Waals surface area contributed by atoms with E-state index in [4.69, 9.17) is 0 Å². The predicted octanol–water partition coefficient (Wildman–Crippen LogP) is 10.2. The van der Waals surface area contributed by atoms with Gasteiger partial charge in [0.2, 0.25) is 0 Å². The smallest absolute Gasteiger partial charge is 0.124 e. The molecule has 0 aliphatic rings. The van der Waals surface area contributed by atoms with E-state index in [1.165, 1.54) is 108 Å². The van der Waals surface area contributed by atoms with E-state index in [1.807, 2.05) is 0 Å². The van der Waals surface area contributed by atoms with E-state index in [0.717, 1.165) is 0 Å². The molecule has 0 radical (unpaired) electrons. The van der Waals surface area contributed by atoms with Crippen LogP contribution in [0.5, 0.6) is 0 Å². The van der Waals surface area contributed by atoms with Crippen molar-refractivity contribution in [3.8, 4) is 0 Å². The van der Waals surface area contributed by atoms with Gasteiger partial charge in [-0.3, -0.25) is 0 Å². The highest BCUT2D eigenvalue weighted by molar-refractivity contribution is 7.85. The fourth-order valence-electron chi connectivity index (χ4n) is 4.92. The van der Waals surface area contributed by atoms with Gasteiger partial charge in [0.05, 0.1) is 29.5 Å². The lowest BCUT2D eigenvalue weighted by molar-refractivity contribution is 0.462. The van der Waals surface area contributed by atoms with Crippen molar-refractivity contribution >= 4 is 17.4 Å². The molecule has 0 bridgehead atoms. The molecule has 0 aromatic heterocycles. The molecule has 0 unspecified atom stereocenters. The molecule has 5 heteroatoms. The summed E-state index contributed by atoms with van der Waals surface area (Å²) in [6.07, 6.45) is 30.0. The minimum atomic E-state index is -4.28. The second-order valence-electron chi connectivity index (χ2n) is 10.7. The van der Waals surface area contributed by atoms with Crippen molar-refractivity contribution in [1.29, 1.82) is 0 Å². The van der Waals surface area contributed by atoms with Crippen LogP contribution in [0.2, 0.25) is 0 Å². The van der Waals surface area contributed by atoms with Gasteiger partial charge >= 0.3 is 0 Å². The van der Waals surface area contributed by atoms with Gasteiger partial charge in [-0.1, -0.05) is 117 Å². The SMILES string of the molecule is CCCCCCCCCCCC[P+](CCCC)(CCCC)CCCC.Cc1ccccc1S(=O)(=O)[O-]. The van der Waals surface area contributed by atoms with Gasteiger partial charge in [-0.2, -0.15) is 0 Å². The van der Waals surface area contributed by atoms with Gasteiger partial charge in [0.25, 0.3) is 0 Å². The normalized spacial score (nSPS) is 11.8. The highest BCUT2D eigenvalue weighted by atomic mass is 32.2. The van der Waals surface area contributed by atoms with E-state index in [9.17, 15) is 13.0 Å². The van der Waals surface area contributed by atoms with Crippen LogP contribution < -0.4 is 0 Å². The van der Waals surface area contributed by atoms with Crippen LogP contribution in [0.3, 0.4) is 0 Å². The molecule has 0 heterocycles. The molecule has 0 amide bonds. The van der Waals surface area contributed by atoms with E-state index >= 15 is 0 Å². The molecule has 0 spiro atoms. The molecule has 0 saturated carbocycles. The van der Waals surface area contributed by atoms with Crippen LogP contribution in [0.1, 0.15) is 136 Å². The topological polar surface area (TPSA) is 57.2 Å². The van der Waals surface area contributed by atoms with Crippen molar-refractivity contribution in [2.45, 2.75) is 142 Å². The van der Waals surface area contributed by atoms with Crippen molar-refractivity contribution in [2.75, 3.05) is 24.6 Å². The molecule has 1 rings (SSSR count). The lowest BCUT2D eigenvalue weighted by atomic mass is 10.1. The fourth-order valence-corrected chi connectivity index (χ4v) is 10.8. The molecule has 212 valence electrons. The molecule has 1 aromatic carbocycles. The van der Waals surface area contributed by atoms with E-state index in [-0.39, 0.29) is 4.90 Å². The molecule has 0 fully saturated rings. The van der Waals surface area contributed by atoms with Gasteiger partial charge in [-0.15, -0.1) is 0 Å². The summed E-state index contributed by atoms with van der Waals surface area (Å²) in [5, 5.41) is 0. The molecule has 1 aromatic rings. The number of aryl methyl sites for hydroxylation is 1. The minimum Gasteiger partial charge on any atom is -0.744 e. The summed E-state index contributed by atoms with van der Waals surface area (Å²) in [5.41, 5.74) is 0.488. The Bertz CT molecular complexity index is 711. The minimum absolute atomic E-state index is 0.139.